The van der Waals surface area contributed by atoms with E-state index in [9.17, 15) is 39.0 Å². The summed E-state index contributed by atoms with van der Waals surface area (Å²) in [7, 11) is 0. The largest absolute Gasteiger partial charge is 0.480 e. The Hall–Kier alpha value is -2.64. The summed E-state index contributed by atoms with van der Waals surface area (Å²) in [6.07, 6.45) is -3.71. The topological polar surface area (TPSA) is 284 Å². The second-order valence-electron chi connectivity index (χ2n) is 7.81. The lowest BCUT2D eigenvalue weighted by atomic mass is 10.1. The number of hydrogen-bond donors (Lipinski definition) is 10. The van der Waals surface area contributed by atoms with E-state index in [-0.39, 0.29) is 67.9 Å². The molecule has 38 heavy (non-hydrogen) atoms. The number of thioether (sulfide) groups is 2. The van der Waals surface area contributed by atoms with Crippen molar-refractivity contribution in [3.05, 3.63) is 0 Å². The molecule has 0 bridgehead atoms. The smallest absolute Gasteiger partial charge is 0.321 e. The predicted molar refractivity (Wildman–Crippen MR) is 139 cm³/mol. The third-order valence-electron chi connectivity index (χ3n) is 4.51. The van der Waals surface area contributed by atoms with E-state index in [0.29, 0.717) is 0 Å². The number of carboxylic acid groups (broad SMARTS) is 2. The first kappa shape index (κ1) is 35.4. The van der Waals surface area contributed by atoms with Gasteiger partial charge in [0.15, 0.2) is 6.10 Å². The lowest BCUT2D eigenvalue weighted by Gasteiger charge is -2.17. The van der Waals surface area contributed by atoms with Crippen LogP contribution in [0.2, 0.25) is 0 Å². The summed E-state index contributed by atoms with van der Waals surface area (Å²) in [6.45, 7) is 0.214. The minimum atomic E-state index is -1.79. The average molecular weight is 585 g/mol. The summed E-state index contributed by atoms with van der Waals surface area (Å²) in [4.78, 5) is 68.2. The third kappa shape index (κ3) is 17.8. The minimum absolute atomic E-state index is 0.0102. The molecular formula is C20H36N6O10S2. The number of carboxylic acids is 2. The summed E-state index contributed by atoms with van der Waals surface area (Å²) < 4.78 is 0. The van der Waals surface area contributed by atoms with Crippen LogP contribution in [0, 0.1) is 0 Å². The van der Waals surface area contributed by atoms with Crippen LogP contribution in [0.1, 0.15) is 12.8 Å². The second kappa shape index (κ2) is 20.3. The number of aliphatic hydroxyl groups is 2. The molecule has 218 valence electrons. The highest BCUT2D eigenvalue weighted by Crippen LogP contribution is 2.04. The molecule has 4 atom stereocenters. The normalized spacial score (nSPS) is 13.9. The lowest BCUT2D eigenvalue weighted by Crippen LogP contribution is -2.45. The van der Waals surface area contributed by atoms with Gasteiger partial charge >= 0.3 is 11.9 Å². The van der Waals surface area contributed by atoms with Crippen molar-refractivity contribution in [1.82, 2.24) is 21.3 Å². The molecule has 0 aromatic heterocycles. The van der Waals surface area contributed by atoms with Gasteiger partial charge in [0.05, 0.1) is 17.6 Å². The number of carbonyl (C=O) groups excluding carboxylic acids is 4. The number of hydrogen-bond acceptors (Lipinski definition) is 12. The van der Waals surface area contributed by atoms with Crippen LogP contribution in [0.15, 0.2) is 0 Å². The van der Waals surface area contributed by atoms with Gasteiger partial charge in [-0.1, -0.05) is 0 Å². The Morgan fingerprint density at radius 1 is 0.658 bits per heavy atom. The van der Waals surface area contributed by atoms with E-state index in [1.54, 1.807) is 0 Å². The fourth-order valence-corrected chi connectivity index (χ4v) is 4.00. The monoisotopic (exact) mass is 584 g/mol. The molecule has 4 amide bonds. The quantitative estimate of drug-likeness (QED) is 0.0567. The number of aliphatic carboxylic acids is 2. The lowest BCUT2D eigenvalue weighted by molar-refractivity contribution is -0.138. The zero-order chi connectivity index (χ0) is 29.1. The highest BCUT2D eigenvalue weighted by atomic mass is 32.2. The van der Waals surface area contributed by atoms with E-state index in [2.05, 4.69) is 21.3 Å². The Bertz CT molecular complexity index is 806. The van der Waals surface area contributed by atoms with Gasteiger partial charge in [-0.25, -0.2) is 0 Å². The fourth-order valence-electron chi connectivity index (χ4n) is 2.40. The number of carbonyl (C=O) groups is 6. The number of nitrogens with one attached hydrogen (secondary N) is 4. The number of nitrogens with two attached hydrogens (primary N) is 2. The molecule has 0 fully saturated rings. The molecule has 0 heterocycles. The van der Waals surface area contributed by atoms with Crippen LogP contribution < -0.4 is 32.7 Å². The minimum Gasteiger partial charge on any atom is -0.480 e. The molecular weight excluding hydrogens is 548 g/mol. The fraction of sp³-hybridized carbons (Fsp3) is 0.700. The molecule has 0 aliphatic heterocycles. The first-order valence-electron chi connectivity index (χ1n) is 11.4. The van der Waals surface area contributed by atoms with Crippen molar-refractivity contribution in [1.29, 1.82) is 0 Å². The van der Waals surface area contributed by atoms with E-state index < -0.39 is 54.0 Å². The summed E-state index contributed by atoms with van der Waals surface area (Å²) in [5, 5.41) is 47.0. The Morgan fingerprint density at radius 3 is 1.47 bits per heavy atom. The van der Waals surface area contributed by atoms with E-state index in [1.165, 1.54) is 0 Å². The third-order valence-corrected chi connectivity index (χ3v) is 6.63. The van der Waals surface area contributed by atoms with Crippen LogP contribution in [-0.2, 0) is 28.8 Å². The molecule has 0 aliphatic rings. The molecule has 0 aromatic carbocycles. The van der Waals surface area contributed by atoms with Gasteiger partial charge in [0.2, 0.25) is 17.7 Å². The van der Waals surface area contributed by atoms with Crippen molar-refractivity contribution in [2.75, 3.05) is 49.2 Å². The van der Waals surface area contributed by atoms with Gasteiger partial charge in [0, 0.05) is 44.1 Å². The van der Waals surface area contributed by atoms with Gasteiger partial charge in [0.1, 0.15) is 12.1 Å². The van der Waals surface area contributed by atoms with Crippen molar-refractivity contribution in [2.45, 2.75) is 37.1 Å². The van der Waals surface area contributed by atoms with Crippen molar-refractivity contribution in [2.24, 2.45) is 11.5 Å². The predicted octanol–water partition coefficient (Wildman–Crippen LogP) is -4.76. The Balaban J connectivity index is 3.93. The summed E-state index contributed by atoms with van der Waals surface area (Å²) in [5.74, 6) is -4.31. The molecule has 0 rings (SSSR count). The molecule has 0 spiro atoms. The summed E-state index contributed by atoms with van der Waals surface area (Å²) in [6, 6.07) is -2.14. The SMILES string of the molecule is NC(CSCC(=O)NCCNC(=O)CCC(O)C(O)C(=O)NCCNC(=O)CSCC(N)C(=O)O)C(=O)O. The molecule has 16 nitrogen and oxygen atoms in total. The Labute approximate surface area is 227 Å². The maximum atomic E-state index is 11.9. The molecule has 18 heteroatoms. The van der Waals surface area contributed by atoms with Crippen molar-refractivity contribution in [3.63, 3.8) is 0 Å². The van der Waals surface area contributed by atoms with Crippen molar-refractivity contribution < 1.29 is 49.2 Å². The Kier molecular flexibility index (Phi) is 18.9. The number of rotatable bonds is 21. The maximum absolute atomic E-state index is 11.9. The summed E-state index contributed by atoms with van der Waals surface area (Å²) >= 11 is 2.10. The second-order valence-corrected chi connectivity index (χ2v) is 9.87. The van der Waals surface area contributed by atoms with E-state index in [1.807, 2.05) is 0 Å². The van der Waals surface area contributed by atoms with E-state index in [0.717, 1.165) is 23.5 Å². The first-order valence-corrected chi connectivity index (χ1v) is 13.7. The molecule has 0 saturated carbocycles. The molecule has 4 unspecified atom stereocenters. The maximum Gasteiger partial charge on any atom is 0.321 e. The van der Waals surface area contributed by atoms with Crippen molar-refractivity contribution >= 4 is 59.1 Å². The zero-order valence-corrected chi connectivity index (χ0v) is 22.2. The van der Waals surface area contributed by atoms with Gasteiger partial charge in [-0.3, -0.25) is 28.8 Å². The van der Waals surface area contributed by atoms with Crippen LogP contribution in [0.4, 0.5) is 0 Å². The number of amides is 4. The first-order chi connectivity index (χ1) is 17.8. The highest BCUT2D eigenvalue weighted by molar-refractivity contribution is 8.00. The number of aliphatic hydroxyl groups excluding tert-OH is 2. The van der Waals surface area contributed by atoms with Gasteiger partial charge in [-0.2, -0.15) is 0 Å². The zero-order valence-electron chi connectivity index (χ0n) is 20.6. The van der Waals surface area contributed by atoms with Gasteiger partial charge in [0.25, 0.3) is 5.91 Å². The molecule has 12 N–H and O–H groups in total. The highest BCUT2D eigenvalue weighted by Gasteiger charge is 2.24. The van der Waals surface area contributed by atoms with Gasteiger partial charge in [-0.05, 0) is 6.42 Å². The van der Waals surface area contributed by atoms with Crippen molar-refractivity contribution in [3.8, 4) is 0 Å². The van der Waals surface area contributed by atoms with Gasteiger partial charge in [-0.15, -0.1) is 23.5 Å². The standard InChI is InChI=1S/C20H36N6O10S2/c21-11(19(33)34)7-37-9-15(29)24-4-3-23-14(28)2-1-13(27)17(31)18(32)26-6-5-25-16(30)10-38-8-12(22)20(35)36/h11-13,17,27,31H,1-10,21-22H2,(H,23,28)(H,24,29)(H,25,30)(H,26,32)(H,33,34)(H,35,36). The van der Waals surface area contributed by atoms with E-state index in [4.69, 9.17) is 21.7 Å². The molecule has 0 radical (unpaired) electrons. The van der Waals surface area contributed by atoms with Crippen LogP contribution in [0.25, 0.3) is 0 Å². The van der Waals surface area contributed by atoms with E-state index >= 15 is 0 Å². The van der Waals surface area contributed by atoms with Crippen LogP contribution >= 0.6 is 23.5 Å². The molecule has 0 aromatic rings. The average Bonchev–Trinajstić information content (AvgIpc) is 2.86. The molecule has 0 saturated heterocycles. The Morgan fingerprint density at radius 2 is 1.05 bits per heavy atom. The van der Waals surface area contributed by atoms with Crippen LogP contribution in [0.5, 0.6) is 0 Å². The van der Waals surface area contributed by atoms with Crippen LogP contribution in [-0.4, -0.2) is 129 Å². The van der Waals surface area contributed by atoms with Gasteiger partial charge < -0.3 is 53.2 Å². The summed E-state index contributed by atoms with van der Waals surface area (Å²) in [5.41, 5.74) is 10.6. The molecule has 0 aliphatic carbocycles. The van der Waals surface area contributed by atoms with Crippen LogP contribution in [0.3, 0.4) is 0 Å².